The number of aryl methyl sites for hydroxylation is 1. The molecule has 3 aromatic rings. The van der Waals surface area contributed by atoms with Crippen LogP contribution in [0.1, 0.15) is 33.1 Å². The molecule has 4 heterocycles. The van der Waals surface area contributed by atoms with Gasteiger partial charge in [0.15, 0.2) is 5.82 Å². The molecule has 0 spiro atoms. The van der Waals surface area contributed by atoms with Gasteiger partial charge in [0.1, 0.15) is 36.1 Å². The Kier molecular flexibility index (Phi) is 6.33. The number of nitrogens with zero attached hydrogens (tertiary/aromatic N) is 4. The van der Waals surface area contributed by atoms with E-state index in [2.05, 4.69) is 9.97 Å². The van der Waals surface area contributed by atoms with Crippen molar-refractivity contribution in [3.8, 4) is 17.1 Å². The molecule has 5 atom stereocenters. The third-order valence-electron chi connectivity index (χ3n) is 9.14. The number of alkyl halides is 5. The highest BCUT2D eigenvalue weighted by Gasteiger charge is 2.56. The lowest BCUT2D eigenvalue weighted by molar-refractivity contribution is -0.137. The SMILES string of the molecule is [2H]C([2H])(Oc1nc(N2CCOC[C@H]3[C@H](F)[C@H]32)c2cc(F)c(-c3cc(N)cc(C)c3C(F)(F)F)c(F)c2n1)[C@@]12CCCN1C[C@H](F)C2. The van der Waals surface area contributed by atoms with Crippen molar-refractivity contribution in [3.05, 3.63) is 41.0 Å². The lowest BCUT2D eigenvalue weighted by Crippen LogP contribution is -2.43. The minimum absolute atomic E-state index is 0.000140. The molecule has 0 amide bonds. The molecule has 44 heavy (non-hydrogen) atoms. The zero-order chi connectivity index (χ0) is 32.9. The van der Waals surface area contributed by atoms with E-state index in [1.54, 1.807) is 4.90 Å². The van der Waals surface area contributed by atoms with Crippen LogP contribution in [0.5, 0.6) is 6.01 Å². The molecule has 1 saturated carbocycles. The topological polar surface area (TPSA) is 76.7 Å². The number of nitrogens with two attached hydrogens (primary N) is 1. The number of rotatable bonds is 5. The molecule has 2 N–H and O–H groups in total. The van der Waals surface area contributed by atoms with Crippen molar-refractivity contribution >= 4 is 22.4 Å². The molecule has 0 bridgehead atoms. The lowest BCUT2D eigenvalue weighted by atomic mass is 9.93. The molecule has 0 radical (unpaired) electrons. The highest BCUT2D eigenvalue weighted by atomic mass is 19.4. The Morgan fingerprint density at radius 2 is 1.98 bits per heavy atom. The Morgan fingerprint density at radius 3 is 2.75 bits per heavy atom. The Bertz CT molecular complexity index is 1730. The fourth-order valence-electron chi connectivity index (χ4n) is 7.15. The van der Waals surface area contributed by atoms with Gasteiger partial charge >= 0.3 is 12.2 Å². The Labute approximate surface area is 250 Å². The molecule has 4 aliphatic rings. The number of aromatic nitrogens is 2. The summed E-state index contributed by atoms with van der Waals surface area (Å²) in [7, 11) is 0. The predicted octanol–water partition coefficient (Wildman–Crippen LogP) is 5.61. The molecule has 2 aromatic carbocycles. The second-order valence-electron chi connectivity index (χ2n) is 12.0. The molecule has 3 aliphatic heterocycles. The molecule has 1 aromatic heterocycles. The first-order valence-corrected chi connectivity index (χ1v) is 14.4. The first kappa shape index (κ1) is 27.0. The maximum Gasteiger partial charge on any atom is 0.417 e. The summed E-state index contributed by atoms with van der Waals surface area (Å²) in [5, 5.41) is -0.286. The van der Waals surface area contributed by atoms with E-state index in [-0.39, 0.29) is 61.6 Å². The van der Waals surface area contributed by atoms with Gasteiger partial charge in [0, 0.05) is 42.1 Å². The van der Waals surface area contributed by atoms with Gasteiger partial charge in [-0.25, -0.2) is 17.6 Å². The largest absolute Gasteiger partial charge is 0.461 e. The summed E-state index contributed by atoms with van der Waals surface area (Å²) in [6, 6.07) is 1.13. The van der Waals surface area contributed by atoms with Gasteiger partial charge in [-0.3, -0.25) is 4.90 Å². The van der Waals surface area contributed by atoms with Crippen LogP contribution in [0.15, 0.2) is 18.2 Å². The van der Waals surface area contributed by atoms with Gasteiger partial charge in [-0.2, -0.15) is 23.1 Å². The van der Waals surface area contributed by atoms with Crippen LogP contribution < -0.4 is 15.4 Å². The van der Waals surface area contributed by atoms with Crippen molar-refractivity contribution in [2.75, 3.05) is 50.0 Å². The minimum Gasteiger partial charge on any atom is -0.461 e. The van der Waals surface area contributed by atoms with Crippen molar-refractivity contribution < 1.29 is 42.9 Å². The van der Waals surface area contributed by atoms with Crippen LogP contribution >= 0.6 is 0 Å². The first-order chi connectivity index (χ1) is 21.6. The lowest BCUT2D eigenvalue weighted by Gasteiger charge is -2.31. The number of hydrogen-bond donors (Lipinski definition) is 1. The van der Waals surface area contributed by atoms with Crippen LogP contribution in [-0.2, 0) is 10.9 Å². The molecule has 4 fully saturated rings. The first-order valence-electron chi connectivity index (χ1n) is 15.4. The van der Waals surface area contributed by atoms with Gasteiger partial charge in [-0.15, -0.1) is 0 Å². The summed E-state index contributed by atoms with van der Waals surface area (Å²) in [6.07, 6.45) is -7.01. The van der Waals surface area contributed by atoms with Gasteiger partial charge in [0.25, 0.3) is 0 Å². The van der Waals surface area contributed by atoms with E-state index in [1.165, 1.54) is 4.90 Å². The molecule has 3 saturated heterocycles. The van der Waals surface area contributed by atoms with Crippen molar-refractivity contribution in [1.29, 1.82) is 0 Å². The number of nitrogen functional groups attached to an aromatic ring is 1. The monoisotopic (exact) mass is 627 g/mol. The Morgan fingerprint density at radius 1 is 1.18 bits per heavy atom. The summed E-state index contributed by atoms with van der Waals surface area (Å²) in [4.78, 5) is 11.5. The van der Waals surface area contributed by atoms with E-state index in [0.29, 0.717) is 13.0 Å². The average molecular weight is 628 g/mol. The quantitative estimate of drug-likeness (QED) is 0.291. The van der Waals surface area contributed by atoms with E-state index in [9.17, 15) is 22.0 Å². The molecular formula is C30H30F7N5O2. The Balaban J connectivity index is 1.43. The Hall–Kier alpha value is -3.39. The molecule has 236 valence electrons. The summed E-state index contributed by atoms with van der Waals surface area (Å²) in [5.41, 5.74) is 0.0337. The minimum atomic E-state index is -5.01. The smallest absolute Gasteiger partial charge is 0.417 e. The van der Waals surface area contributed by atoms with Crippen LogP contribution in [0, 0.1) is 24.5 Å². The van der Waals surface area contributed by atoms with E-state index < -0.39 is 82.4 Å². The fraction of sp³-hybridized carbons (Fsp3) is 0.533. The van der Waals surface area contributed by atoms with E-state index >= 15 is 8.78 Å². The molecular weight excluding hydrogens is 595 g/mol. The third kappa shape index (κ3) is 4.72. The highest BCUT2D eigenvalue weighted by Crippen LogP contribution is 2.47. The zero-order valence-electron chi connectivity index (χ0n) is 25.5. The number of hydrogen-bond acceptors (Lipinski definition) is 7. The second-order valence-corrected chi connectivity index (χ2v) is 12.0. The second kappa shape index (κ2) is 10.3. The molecule has 0 unspecified atom stereocenters. The molecule has 1 aliphatic carbocycles. The van der Waals surface area contributed by atoms with Crippen LogP contribution in [0.2, 0.25) is 0 Å². The van der Waals surface area contributed by atoms with Crippen LogP contribution in [0.4, 0.5) is 42.2 Å². The fourth-order valence-corrected chi connectivity index (χ4v) is 7.15. The molecule has 14 heteroatoms. The number of anilines is 2. The number of fused-ring (bicyclic) bond motifs is 3. The maximum absolute atomic E-state index is 16.6. The zero-order valence-corrected chi connectivity index (χ0v) is 23.5. The third-order valence-corrected chi connectivity index (χ3v) is 9.14. The average Bonchev–Trinajstić information content (AvgIpc) is 3.30. The van der Waals surface area contributed by atoms with Gasteiger partial charge in [-0.1, -0.05) is 0 Å². The van der Waals surface area contributed by atoms with Gasteiger partial charge in [-0.05, 0) is 50.1 Å². The summed E-state index contributed by atoms with van der Waals surface area (Å²) in [6.45, 7) is -0.805. The van der Waals surface area contributed by atoms with Crippen molar-refractivity contribution in [2.45, 2.75) is 56.3 Å². The van der Waals surface area contributed by atoms with Gasteiger partial charge < -0.3 is 20.1 Å². The summed E-state index contributed by atoms with van der Waals surface area (Å²) >= 11 is 0. The predicted molar refractivity (Wildman–Crippen MR) is 148 cm³/mol. The summed E-state index contributed by atoms with van der Waals surface area (Å²) in [5.74, 6) is -3.63. The number of ether oxygens (including phenoxy) is 2. The van der Waals surface area contributed by atoms with E-state index in [1.807, 2.05) is 0 Å². The van der Waals surface area contributed by atoms with Crippen LogP contribution in [0.25, 0.3) is 22.0 Å². The van der Waals surface area contributed by atoms with Gasteiger partial charge in [0.05, 0.1) is 38.7 Å². The van der Waals surface area contributed by atoms with E-state index in [0.717, 1.165) is 25.1 Å². The number of benzene rings is 2. The standard InChI is InChI=1S/C30H30F7N5O2/c1-14-7-16(38)8-17(22(14)30(35,36)37)21-20(32)9-18-25(24(21)34)39-28(44-13-29-3-2-4-41(29)11-15(31)10-29)40-27(18)42-5-6-43-12-19-23(33)26(19)42/h7-9,15,19,23,26H,2-6,10-13,38H2,1H3/t15-,19+,23+,26+,29+/m1/s1/i13D2. The molecule has 7 rings (SSSR count). The highest BCUT2D eigenvalue weighted by molar-refractivity contribution is 5.95. The maximum atomic E-state index is 16.6. The molecule has 7 nitrogen and oxygen atoms in total. The van der Waals surface area contributed by atoms with Crippen molar-refractivity contribution in [2.24, 2.45) is 5.92 Å². The van der Waals surface area contributed by atoms with Gasteiger partial charge in [0.2, 0.25) is 0 Å². The van der Waals surface area contributed by atoms with Crippen molar-refractivity contribution in [3.63, 3.8) is 0 Å². The summed E-state index contributed by atoms with van der Waals surface area (Å²) < 4.78 is 134. The van der Waals surface area contributed by atoms with Crippen LogP contribution in [0.3, 0.4) is 0 Å². The van der Waals surface area contributed by atoms with E-state index in [4.69, 9.17) is 17.9 Å². The normalized spacial score (nSPS) is 29.7. The number of halogens is 7. The van der Waals surface area contributed by atoms with Crippen molar-refractivity contribution in [1.82, 2.24) is 14.9 Å². The van der Waals surface area contributed by atoms with Crippen LogP contribution in [-0.4, -0.2) is 78.2 Å².